The molecule has 0 saturated carbocycles. The predicted octanol–water partition coefficient (Wildman–Crippen LogP) is 3.92. The minimum atomic E-state index is -0.975. The zero-order valence-corrected chi connectivity index (χ0v) is 30.9. The smallest absolute Gasteiger partial charge is 0.262 e. The van der Waals surface area contributed by atoms with Crippen molar-refractivity contribution in [1.82, 2.24) is 25.1 Å². The molecule has 0 aliphatic carbocycles. The molecule has 2 N–H and O–H groups in total. The zero-order valence-electron chi connectivity index (χ0n) is 30.9. The molecule has 0 radical (unpaired) electrons. The Hall–Kier alpha value is -5.66. The van der Waals surface area contributed by atoms with E-state index >= 15 is 0 Å². The Kier molecular flexibility index (Phi) is 8.65. The normalized spacial score (nSPS) is 20.8. The average molecular weight is 742 g/mol. The van der Waals surface area contributed by atoms with Crippen molar-refractivity contribution in [2.75, 3.05) is 49.6 Å². The van der Waals surface area contributed by atoms with Gasteiger partial charge in [-0.2, -0.15) is 0 Å². The Labute approximate surface area is 319 Å². The van der Waals surface area contributed by atoms with Gasteiger partial charge in [-0.3, -0.25) is 34.3 Å². The van der Waals surface area contributed by atoms with Crippen LogP contribution < -0.4 is 20.3 Å². The minimum Gasteiger partial charge on any atom is -0.487 e. The van der Waals surface area contributed by atoms with Crippen LogP contribution in [0.4, 0.5) is 11.6 Å². The van der Waals surface area contributed by atoms with Crippen LogP contribution in [-0.2, 0) is 32.9 Å². The van der Waals surface area contributed by atoms with Crippen LogP contribution in [0.3, 0.4) is 0 Å². The maximum atomic E-state index is 13.2. The van der Waals surface area contributed by atoms with Gasteiger partial charge in [-0.1, -0.05) is 50.2 Å². The lowest BCUT2D eigenvalue weighted by molar-refractivity contribution is -0.136. The van der Waals surface area contributed by atoms with Gasteiger partial charge in [0.15, 0.2) is 0 Å². The maximum absolute atomic E-state index is 13.2. The summed E-state index contributed by atoms with van der Waals surface area (Å²) in [6, 6.07) is 23.4. The molecular formula is C42H43N7O6. The summed E-state index contributed by atoms with van der Waals surface area (Å²) in [5.41, 5.74) is 5.91. The number of likely N-dealkylation sites (tertiary alicyclic amines) is 1. The number of hydrogen-bond donors (Lipinski definition) is 2. The third-order valence-corrected chi connectivity index (χ3v) is 11.7. The second-order valence-electron chi connectivity index (χ2n) is 16.1. The van der Waals surface area contributed by atoms with E-state index in [-0.39, 0.29) is 35.4 Å². The number of carbonyl (C=O) groups is 4. The van der Waals surface area contributed by atoms with Gasteiger partial charge in [0.05, 0.1) is 41.5 Å². The number of nitrogens with one attached hydrogen (secondary N) is 2. The first-order chi connectivity index (χ1) is 26.5. The van der Waals surface area contributed by atoms with Crippen molar-refractivity contribution in [3.63, 3.8) is 0 Å². The molecule has 5 aliphatic heterocycles. The Bertz CT molecular complexity index is 2170. The molecule has 3 aromatic carbocycles. The molecular weight excluding hydrogens is 699 g/mol. The van der Waals surface area contributed by atoms with E-state index in [0.717, 1.165) is 73.9 Å². The summed E-state index contributed by atoms with van der Waals surface area (Å²) in [6.45, 7) is 10.9. The number of hydrogen-bond acceptors (Lipinski definition) is 11. The average Bonchev–Trinajstić information content (AvgIpc) is 3.37. The van der Waals surface area contributed by atoms with E-state index < -0.39 is 29.7 Å². The van der Waals surface area contributed by atoms with Gasteiger partial charge in [0.1, 0.15) is 18.4 Å². The summed E-state index contributed by atoms with van der Waals surface area (Å²) < 4.78 is 11.5. The van der Waals surface area contributed by atoms with E-state index in [9.17, 15) is 19.2 Å². The number of piperidine rings is 1. The number of imide groups is 2. The van der Waals surface area contributed by atoms with Gasteiger partial charge in [-0.05, 0) is 59.5 Å². The first-order valence-corrected chi connectivity index (χ1v) is 18.9. The number of ether oxygens (including phenoxy) is 2. The van der Waals surface area contributed by atoms with Crippen molar-refractivity contribution < 1.29 is 28.7 Å². The lowest BCUT2D eigenvalue weighted by atomic mass is 9.78. The standard InChI is InChI=1S/C42H43N7O6/c1-41(2,28-7-10-32(11-8-28)55-21-30-15-16-43-40(45-30)48-22-42(23-48)24-54-25-42)27-5-3-26(4-6-27)18-47-19-31(20-47)44-29-9-12-33-34(17-29)39(53)49(38(33)52)35-13-14-36(50)46-37(35)51/h3-12,15-17,31,35,44H,13-14,18-25H2,1-2H3,(H,46,50,51). The van der Waals surface area contributed by atoms with Crippen LogP contribution in [0.2, 0.25) is 0 Å². The van der Waals surface area contributed by atoms with E-state index in [1.165, 1.54) is 16.7 Å². The topological polar surface area (TPSA) is 146 Å². The van der Waals surface area contributed by atoms with Crippen molar-refractivity contribution in [1.29, 1.82) is 0 Å². The van der Waals surface area contributed by atoms with Crippen LogP contribution >= 0.6 is 0 Å². The molecule has 282 valence electrons. The Balaban J connectivity index is 0.749. The van der Waals surface area contributed by atoms with E-state index in [0.29, 0.717) is 12.0 Å². The summed E-state index contributed by atoms with van der Waals surface area (Å²) >= 11 is 0. The highest BCUT2D eigenvalue weighted by molar-refractivity contribution is 6.23. The van der Waals surface area contributed by atoms with Crippen LogP contribution in [0.25, 0.3) is 0 Å². The molecule has 1 unspecified atom stereocenters. The van der Waals surface area contributed by atoms with Crippen molar-refractivity contribution >= 4 is 35.3 Å². The summed E-state index contributed by atoms with van der Waals surface area (Å²) in [6.07, 6.45) is 2.02. The molecule has 55 heavy (non-hydrogen) atoms. The van der Waals surface area contributed by atoms with Gasteiger partial charge in [0, 0.05) is 56.4 Å². The molecule has 1 spiro atoms. The molecule has 6 heterocycles. The third kappa shape index (κ3) is 6.61. The van der Waals surface area contributed by atoms with Gasteiger partial charge in [0.2, 0.25) is 17.8 Å². The van der Waals surface area contributed by atoms with Crippen molar-refractivity contribution in [2.24, 2.45) is 5.41 Å². The number of carbonyl (C=O) groups excluding carboxylic acids is 4. The second kappa shape index (κ2) is 13.6. The number of rotatable bonds is 11. The van der Waals surface area contributed by atoms with E-state index in [1.54, 1.807) is 24.4 Å². The molecule has 4 fully saturated rings. The van der Waals surface area contributed by atoms with Crippen LogP contribution in [0.15, 0.2) is 79.0 Å². The largest absolute Gasteiger partial charge is 0.487 e. The summed E-state index contributed by atoms with van der Waals surface area (Å²) in [5, 5.41) is 5.72. The summed E-state index contributed by atoms with van der Waals surface area (Å²) in [4.78, 5) is 64.9. The molecule has 4 aromatic rings. The highest BCUT2D eigenvalue weighted by Gasteiger charge is 2.50. The Morgan fingerprint density at radius 1 is 0.909 bits per heavy atom. The van der Waals surface area contributed by atoms with Crippen LogP contribution in [0, 0.1) is 5.41 Å². The quantitative estimate of drug-likeness (QED) is 0.216. The monoisotopic (exact) mass is 741 g/mol. The van der Waals surface area contributed by atoms with Crippen molar-refractivity contribution in [2.45, 2.75) is 57.3 Å². The Morgan fingerprint density at radius 3 is 2.31 bits per heavy atom. The number of benzene rings is 3. The van der Waals surface area contributed by atoms with Gasteiger partial charge in [-0.25, -0.2) is 9.97 Å². The van der Waals surface area contributed by atoms with E-state index in [2.05, 4.69) is 75.7 Å². The molecule has 1 aromatic heterocycles. The molecule has 13 heteroatoms. The molecule has 4 saturated heterocycles. The molecule has 13 nitrogen and oxygen atoms in total. The molecule has 1 atom stereocenters. The number of nitrogens with zero attached hydrogens (tertiary/aromatic N) is 5. The van der Waals surface area contributed by atoms with Gasteiger partial charge in [0.25, 0.3) is 11.8 Å². The fourth-order valence-electron chi connectivity index (χ4n) is 8.26. The second-order valence-corrected chi connectivity index (χ2v) is 16.1. The highest BCUT2D eigenvalue weighted by Crippen LogP contribution is 2.39. The van der Waals surface area contributed by atoms with E-state index in [1.807, 2.05) is 18.2 Å². The van der Waals surface area contributed by atoms with Crippen LogP contribution in [0.5, 0.6) is 5.75 Å². The molecule has 4 amide bonds. The summed E-state index contributed by atoms with van der Waals surface area (Å²) in [7, 11) is 0. The predicted molar refractivity (Wildman–Crippen MR) is 203 cm³/mol. The van der Waals surface area contributed by atoms with Crippen LogP contribution in [-0.4, -0.2) is 94.9 Å². The fourth-order valence-corrected chi connectivity index (χ4v) is 8.26. The first-order valence-electron chi connectivity index (χ1n) is 18.9. The molecule has 9 rings (SSSR count). The molecule has 0 bridgehead atoms. The van der Waals surface area contributed by atoms with Gasteiger partial charge in [-0.15, -0.1) is 0 Å². The number of fused-ring (bicyclic) bond motifs is 1. The minimum absolute atomic E-state index is 0.0903. The van der Waals surface area contributed by atoms with Crippen molar-refractivity contribution in [3.05, 3.63) is 113 Å². The van der Waals surface area contributed by atoms with Crippen LogP contribution in [0.1, 0.15) is 69.8 Å². The SMILES string of the molecule is CC(C)(c1ccc(CN2CC(Nc3ccc4c(c3)C(=O)N(C3CCC(=O)NC3=O)C4=O)C2)cc1)c1ccc(OCc2ccnc(N3CC4(COC4)C3)n2)cc1. The Morgan fingerprint density at radius 2 is 1.62 bits per heavy atom. The zero-order chi connectivity index (χ0) is 37.9. The van der Waals surface area contributed by atoms with Crippen molar-refractivity contribution in [3.8, 4) is 5.75 Å². The number of anilines is 2. The highest BCUT2D eigenvalue weighted by atomic mass is 16.5. The lowest BCUT2D eigenvalue weighted by Crippen LogP contribution is -2.66. The van der Waals surface area contributed by atoms with E-state index in [4.69, 9.17) is 14.5 Å². The summed E-state index contributed by atoms with van der Waals surface area (Å²) in [5.74, 6) is -0.466. The molecule has 5 aliphatic rings. The maximum Gasteiger partial charge on any atom is 0.262 e. The van der Waals surface area contributed by atoms with Gasteiger partial charge >= 0.3 is 0 Å². The first kappa shape index (κ1) is 35.1. The number of aromatic nitrogens is 2. The fraction of sp³-hybridized carbons (Fsp3) is 0.381. The lowest BCUT2D eigenvalue weighted by Gasteiger charge is -2.54. The number of amides is 4. The third-order valence-electron chi connectivity index (χ3n) is 11.7. The van der Waals surface area contributed by atoms with Gasteiger partial charge < -0.3 is 19.7 Å².